The van der Waals surface area contributed by atoms with Crippen molar-refractivity contribution in [2.75, 3.05) is 9.80 Å². The lowest BCUT2D eigenvalue weighted by Crippen LogP contribution is -2.22. The van der Waals surface area contributed by atoms with Crippen LogP contribution in [0.1, 0.15) is 60.4 Å². The van der Waals surface area contributed by atoms with E-state index in [9.17, 15) is 0 Å². The summed E-state index contributed by atoms with van der Waals surface area (Å²) in [6.45, 7) is 4.71. The summed E-state index contributed by atoms with van der Waals surface area (Å²) in [5.74, 6) is 0.344. The number of thiophene rings is 1. The van der Waals surface area contributed by atoms with Crippen LogP contribution in [0.3, 0.4) is 0 Å². The fraction of sp³-hybridized carbons (Fsp3) is 0.160. The number of rotatable bonds is 7. The zero-order chi connectivity index (χ0) is 35.5. The molecule has 0 saturated carbocycles. The van der Waals surface area contributed by atoms with Gasteiger partial charge >= 0.3 is 0 Å². The van der Waals surface area contributed by atoms with Gasteiger partial charge in [0.15, 0.2) is 0 Å². The molecule has 10 rings (SSSR count). The molecule has 1 spiro atoms. The van der Waals surface area contributed by atoms with Crippen molar-refractivity contribution in [2.45, 2.75) is 50.9 Å². The van der Waals surface area contributed by atoms with Crippen molar-refractivity contribution in [1.82, 2.24) is 0 Å². The third-order valence-corrected chi connectivity index (χ3v) is 12.9. The highest BCUT2D eigenvalue weighted by molar-refractivity contribution is 7.25. The number of benzene rings is 7. The van der Waals surface area contributed by atoms with Crippen molar-refractivity contribution in [3.8, 4) is 0 Å². The quantitative estimate of drug-likeness (QED) is 0.163. The van der Waals surface area contributed by atoms with Gasteiger partial charge in [0, 0.05) is 54.0 Å². The number of anilines is 6. The molecule has 0 radical (unpaired) electrons. The van der Waals surface area contributed by atoms with Gasteiger partial charge in [0.05, 0.1) is 5.69 Å². The first-order valence-corrected chi connectivity index (χ1v) is 19.9. The van der Waals surface area contributed by atoms with Crippen molar-refractivity contribution >= 4 is 65.6 Å². The molecule has 0 N–H and O–H groups in total. The zero-order valence-corrected chi connectivity index (χ0v) is 31.1. The second-order valence-electron chi connectivity index (χ2n) is 15.1. The molecule has 1 heterocycles. The maximum atomic E-state index is 2.56. The maximum absolute atomic E-state index is 2.56. The van der Waals surface area contributed by atoms with Crippen LogP contribution in [-0.2, 0) is 18.3 Å². The molecule has 7 aromatic carbocycles. The van der Waals surface area contributed by atoms with E-state index < -0.39 is 0 Å². The molecular formula is C50H42N2S. The summed E-state index contributed by atoms with van der Waals surface area (Å²) in [5, 5.41) is 2.76. The van der Waals surface area contributed by atoms with Crippen molar-refractivity contribution in [3.05, 3.63) is 192 Å². The third-order valence-electron chi connectivity index (χ3n) is 11.8. The minimum atomic E-state index is -0.00746. The van der Waals surface area contributed by atoms with E-state index >= 15 is 0 Å². The molecule has 0 bridgehead atoms. The average Bonchev–Trinajstić information content (AvgIpc) is 3.89. The highest BCUT2D eigenvalue weighted by Gasteiger charge is 2.45. The lowest BCUT2D eigenvalue weighted by molar-refractivity contribution is 0.507. The van der Waals surface area contributed by atoms with E-state index in [-0.39, 0.29) is 5.41 Å². The first kappa shape index (κ1) is 32.0. The summed E-state index contributed by atoms with van der Waals surface area (Å²) < 4.78 is 2.71. The minimum Gasteiger partial charge on any atom is -0.310 e. The molecule has 0 saturated heterocycles. The molecule has 0 unspecified atom stereocenters. The Hall–Kier alpha value is -5.64. The Kier molecular flexibility index (Phi) is 7.73. The summed E-state index contributed by atoms with van der Waals surface area (Å²) in [4.78, 5) is 4.94. The van der Waals surface area contributed by atoms with E-state index in [2.05, 4.69) is 187 Å². The Morgan fingerprint density at radius 2 is 1.00 bits per heavy atom. The van der Waals surface area contributed by atoms with Gasteiger partial charge in [-0.25, -0.2) is 0 Å². The van der Waals surface area contributed by atoms with Gasteiger partial charge in [-0.3, -0.25) is 0 Å². The van der Waals surface area contributed by atoms with Gasteiger partial charge in [-0.2, -0.15) is 0 Å². The Morgan fingerprint density at radius 3 is 1.57 bits per heavy atom. The fourth-order valence-electron chi connectivity index (χ4n) is 9.46. The lowest BCUT2D eigenvalue weighted by Gasteiger charge is -2.32. The van der Waals surface area contributed by atoms with Crippen LogP contribution in [0.5, 0.6) is 0 Å². The van der Waals surface area contributed by atoms with Crippen molar-refractivity contribution < 1.29 is 0 Å². The van der Waals surface area contributed by atoms with E-state index in [1.807, 2.05) is 11.3 Å². The van der Waals surface area contributed by atoms with Crippen LogP contribution in [-0.4, -0.2) is 0 Å². The van der Waals surface area contributed by atoms with Crippen LogP contribution < -0.4 is 9.80 Å². The van der Waals surface area contributed by atoms with Crippen molar-refractivity contribution in [3.63, 3.8) is 0 Å². The number of nitrogens with zero attached hydrogens (tertiary/aromatic N) is 2. The van der Waals surface area contributed by atoms with Gasteiger partial charge in [-0.15, -0.1) is 11.3 Å². The largest absolute Gasteiger partial charge is 0.310 e. The number of fused-ring (bicyclic) bond motifs is 7. The van der Waals surface area contributed by atoms with E-state index in [0.717, 1.165) is 25.7 Å². The van der Waals surface area contributed by atoms with Gasteiger partial charge in [-0.1, -0.05) is 98.8 Å². The Bertz CT molecular complexity index is 2560. The normalized spacial score (nSPS) is 16.1. The predicted octanol–water partition coefficient (Wildman–Crippen LogP) is 14.3. The summed E-state index contributed by atoms with van der Waals surface area (Å²) in [6.07, 6.45) is 4.51. The molecule has 2 nitrogen and oxygen atoms in total. The Balaban J connectivity index is 1.14. The van der Waals surface area contributed by atoms with E-state index in [1.165, 1.54) is 82.1 Å². The number of aryl methyl sites for hydroxylation is 2. The van der Waals surface area contributed by atoms with Crippen LogP contribution in [0.2, 0.25) is 0 Å². The number of hydrogen-bond acceptors (Lipinski definition) is 3. The average molecular weight is 703 g/mol. The standard InChI is InChI=1S/C50H42N2S/c1-34(2)48-45(26-27-47-49(48)42-20-12-13-21-46(42)53-47)52(39-18-10-5-11-19-39)41-25-23-36-29-31-50(44(36)33-41)30-28-35-22-24-40(32-43(35)50)51(37-14-6-3-7-15-37)38-16-8-4-9-17-38/h3-27,32-34H,28-31H2,1-2H3/t50-/m1/s1. The van der Waals surface area contributed by atoms with Crippen LogP contribution in [0.15, 0.2) is 164 Å². The zero-order valence-electron chi connectivity index (χ0n) is 30.3. The fourth-order valence-corrected chi connectivity index (χ4v) is 10.6. The summed E-state index contributed by atoms with van der Waals surface area (Å²) in [6, 6.07) is 60.9. The summed E-state index contributed by atoms with van der Waals surface area (Å²) >= 11 is 1.91. The van der Waals surface area contributed by atoms with Crippen LogP contribution in [0.25, 0.3) is 20.2 Å². The first-order valence-electron chi connectivity index (χ1n) is 19.1. The summed E-state index contributed by atoms with van der Waals surface area (Å²) in [7, 11) is 0. The molecule has 2 aliphatic rings. The van der Waals surface area contributed by atoms with E-state index in [1.54, 1.807) is 0 Å². The molecule has 8 aromatic rings. The molecule has 53 heavy (non-hydrogen) atoms. The Morgan fingerprint density at radius 1 is 0.491 bits per heavy atom. The Labute approximate surface area is 316 Å². The van der Waals surface area contributed by atoms with E-state index in [4.69, 9.17) is 0 Å². The smallest absolute Gasteiger partial charge is 0.0503 e. The van der Waals surface area contributed by atoms with Crippen LogP contribution in [0, 0.1) is 0 Å². The molecule has 0 aliphatic heterocycles. The van der Waals surface area contributed by atoms with Gasteiger partial charge in [-0.05, 0) is 138 Å². The summed E-state index contributed by atoms with van der Waals surface area (Å²) in [5.41, 5.74) is 14.7. The minimum absolute atomic E-state index is 0.00746. The lowest BCUT2D eigenvalue weighted by atomic mass is 9.76. The molecule has 258 valence electrons. The highest BCUT2D eigenvalue weighted by Crippen LogP contribution is 2.55. The van der Waals surface area contributed by atoms with Gasteiger partial charge in [0.1, 0.15) is 0 Å². The van der Waals surface area contributed by atoms with Gasteiger partial charge < -0.3 is 9.80 Å². The van der Waals surface area contributed by atoms with Crippen molar-refractivity contribution in [2.24, 2.45) is 0 Å². The molecule has 1 atom stereocenters. The highest BCUT2D eigenvalue weighted by atomic mass is 32.1. The molecule has 0 fully saturated rings. The van der Waals surface area contributed by atoms with Gasteiger partial charge in [0.25, 0.3) is 0 Å². The second-order valence-corrected chi connectivity index (χ2v) is 16.2. The number of hydrogen-bond donors (Lipinski definition) is 0. The molecule has 2 aliphatic carbocycles. The van der Waals surface area contributed by atoms with Gasteiger partial charge in [0.2, 0.25) is 0 Å². The SMILES string of the molecule is CC(C)c1c(N(c2ccccc2)c2ccc3c(c2)[C@]2(CCc4ccc(N(c5ccccc5)c5ccccc5)cc42)CC3)ccc2sc3ccccc3c12. The second kappa shape index (κ2) is 12.8. The number of para-hydroxylation sites is 3. The maximum Gasteiger partial charge on any atom is 0.0503 e. The van der Waals surface area contributed by atoms with Crippen molar-refractivity contribution in [1.29, 1.82) is 0 Å². The first-order chi connectivity index (χ1) is 26.1. The predicted molar refractivity (Wildman–Crippen MR) is 227 cm³/mol. The molecule has 3 heteroatoms. The monoisotopic (exact) mass is 702 g/mol. The molecule has 1 aromatic heterocycles. The van der Waals surface area contributed by atoms with Crippen LogP contribution >= 0.6 is 11.3 Å². The third kappa shape index (κ3) is 5.21. The van der Waals surface area contributed by atoms with Crippen LogP contribution in [0.4, 0.5) is 34.1 Å². The van der Waals surface area contributed by atoms with E-state index in [0.29, 0.717) is 5.92 Å². The molecular weight excluding hydrogens is 661 g/mol. The molecule has 0 amide bonds. The topological polar surface area (TPSA) is 6.48 Å².